The Balaban J connectivity index is 2.91. The molecular weight excluding hydrogens is 284 g/mol. The Labute approximate surface area is 88.9 Å². The second kappa shape index (κ2) is 3.18. The number of nitrogens with zero attached hydrogens (tertiary/aromatic N) is 1. The molecule has 3 heteroatoms. The van der Waals surface area contributed by atoms with Crippen LogP contribution >= 0.6 is 34.2 Å². The molecule has 0 saturated heterocycles. The molecular formula is C9H5ClIN. The molecule has 2 aromatic rings. The summed E-state index contributed by atoms with van der Waals surface area (Å²) in [6.07, 6.45) is 1.78. The second-order valence-electron chi connectivity index (χ2n) is 2.43. The molecule has 0 fully saturated rings. The molecule has 2 rings (SSSR count). The van der Waals surface area contributed by atoms with Crippen molar-refractivity contribution in [2.45, 2.75) is 0 Å². The van der Waals surface area contributed by atoms with Gasteiger partial charge < -0.3 is 0 Å². The molecule has 0 atom stereocenters. The second-order valence-corrected chi connectivity index (χ2v) is 3.92. The van der Waals surface area contributed by atoms with Gasteiger partial charge in [-0.3, -0.25) is 4.98 Å². The van der Waals surface area contributed by atoms with Crippen LogP contribution in [-0.4, -0.2) is 4.98 Å². The van der Waals surface area contributed by atoms with Crippen molar-refractivity contribution in [3.8, 4) is 0 Å². The van der Waals surface area contributed by atoms with Gasteiger partial charge in [-0.1, -0.05) is 17.7 Å². The summed E-state index contributed by atoms with van der Waals surface area (Å²) in [5.41, 5.74) is 0.992. The Morgan fingerprint density at radius 2 is 2.08 bits per heavy atom. The Morgan fingerprint density at radius 3 is 2.92 bits per heavy atom. The first-order chi connectivity index (χ1) is 5.79. The van der Waals surface area contributed by atoms with E-state index in [9.17, 15) is 0 Å². The van der Waals surface area contributed by atoms with Crippen molar-refractivity contribution in [3.05, 3.63) is 39.1 Å². The van der Waals surface area contributed by atoms with Gasteiger partial charge >= 0.3 is 0 Å². The van der Waals surface area contributed by atoms with Crippen molar-refractivity contribution >= 4 is 45.1 Å². The van der Waals surface area contributed by atoms with E-state index in [1.165, 1.54) is 0 Å². The van der Waals surface area contributed by atoms with Crippen molar-refractivity contribution in [1.29, 1.82) is 0 Å². The van der Waals surface area contributed by atoms with Gasteiger partial charge in [0.25, 0.3) is 0 Å². The number of hydrogen-bond donors (Lipinski definition) is 0. The number of rotatable bonds is 0. The van der Waals surface area contributed by atoms with Crippen molar-refractivity contribution in [2.24, 2.45) is 0 Å². The van der Waals surface area contributed by atoms with Crippen LogP contribution in [0.1, 0.15) is 0 Å². The van der Waals surface area contributed by atoms with E-state index in [0.29, 0.717) is 0 Å². The van der Waals surface area contributed by atoms with Gasteiger partial charge in [0, 0.05) is 15.2 Å². The fraction of sp³-hybridized carbons (Fsp3) is 0. The van der Waals surface area contributed by atoms with E-state index in [1.807, 2.05) is 24.3 Å². The standard InChI is InChI=1S/C9H5ClIN/c10-7-3-4-8-6(9(7)11)2-1-5-12-8/h1-5H. The summed E-state index contributed by atoms with van der Waals surface area (Å²) in [6, 6.07) is 7.75. The summed E-state index contributed by atoms with van der Waals surface area (Å²) in [7, 11) is 0. The predicted octanol–water partition coefficient (Wildman–Crippen LogP) is 3.49. The molecule has 0 bridgehead atoms. The monoisotopic (exact) mass is 289 g/mol. The lowest BCUT2D eigenvalue weighted by molar-refractivity contribution is 1.41. The number of benzene rings is 1. The van der Waals surface area contributed by atoms with Crippen LogP contribution in [0, 0.1) is 3.57 Å². The molecule has 0 N–H and O–H groups in total. The van der Waals surface area contributed by atoms with Crippen LogP contribution in [0.5, 0.6) is 0 Å². The normalized spacial score (nSPS) is 10.5. The first-order valence-electron chi connectivity index (χ1n) is 3.48. The molecule has 0 aliphatic heterocycles. The van der Waals surface area contributed by atoms with Gasteiger partial charge in [-0.2, -0.15) is 0 Å². The average molecular weight is 290 g/mol. The summed E-state index contributed by atoms with van der Waals surface area (Å²) in [6.45, 7) is 0. The topological polar surface area (TPSA) is 12.9 Å². The minimum Gasteiger partial charge on any atom is -0.256 e. The Kier molecular flexibility index (Phi) is 2.19. The molecule has 1 aromatic heterocycles. The highest BCUT2D eigenvalue weighted by Gasteiger charge is 2.01. The van der Waals surface area contributed by atoms with Crippen molar-refractivity contribution in [1.82, 2.24) is 4.98 Å². The highest BCUT2D eigenvalue weighted by atomic mass is 127. The van der Waals surface area contributed by atoms with Crippen LogP contribution in [0.4, 0.5) is 0 Å². The molecule has 0 aliphatic carbocycles. The number of hydrogen-bond acceptors (Lipinski definition) is 1. The third kappa shape index (κ3) is 1.29. The third-order valence-corrected chi connectivity index (χ3v) is 3.47. The van der Waals surface area contributed by atoms with Gasteiger partial charge in [0.1, 0.15) is 0 Å². The van der Waals surface area contributed by atoms with E-state index in [4.69, 9.17) is 11.6 Å². The fourth-order valence-corrected chi connectivity index (χ4v) is 1.89. The average Bonchev–Trinajstić information content (AvgIpc) is 2.12. The molecule has 0 unspecified atom stereocenters. The highest BCUT2D eigenvalue weighted by molar-refractivity contribution is 14.1. The predicted molar refractivity (Wildman–Crippen MR) is 59.5 cm³/mol. The molecule has 0 spiro atoms. The lowest BCUT2D eigenvalue weighted by Crippen LogP contribution is -1.81. The minimum absolute atomic E-state index is 0.788. The molecule has 0 radical (unpaired) electrons. The van der Waals surface area contributed by atoms with Gasteiger partial charge in [0.2, 0.25) is 0 Å². The molecule has 60 valence electrons. The van der Waals surface area contributed by atoms with Gasteiger partial charge in [-0.15, -0.1) is 0 Å². The fourth-order valence-electron chi connectivity index (χ4n) is 1.09. The molecule has 1 aromatic carbocycles. The number of pyridine rings is 1. The van der Waals surface area contributed by atoms with Crippen LogP contribution in [0.15, 0.2) is 30.5 Å². The molecule has 0 aliphatic rings. The van der Waals surface area contributed by atoms with Crippen LogP contribution in [0.3, 0.4) is 0 Å². The maximum Gasteiger partial charge on any atom is 0.0713 e. The Morgan fingerprint density at radius 1 is 1.25 bits per heavy atom. The van der Waals surface area contributed by atoms with Crippen molar-refractivity contribution in [2.75, 3.05) is 0 Å². The van der Waals surface area contributed by atoms with Crippen LogP contribution in [-0.2, 0) is 0 Å². The molecule has 12 heavy (non-hydrogen) atoms. The zero-order chi connectivity index (χ0) is 8.55. The zero-order valence-electron chi connectivity index (χ0n) is 6.09. The molecule has 1 heterocycles. The maximum absolute atomic E-state index is 5.95. The summed E-state index contributed by atoms with van der Waals surface area (Å²) in [5, 5.41) is 1.90. The molecule has 0 amide bonds. The Hall–Kier alpha value is -0.350. The van der Waals surface area contributed by atoms with Gasteiger partial charge in [0.15, 0.2) is 0 Å². The number of halogens is 2. The van der Waals surface area contributed by atoms with Crippen LogP contribution in [0.2, 0.25) is 5.02 Å². The number of fused-ring (bicyclic) bond motifs is 1. The van der Waals surface area contributed by atoms with E-state index in [1.54, 1.807) is 6.20 Å². The first kappa shape index (κ1) is 8.26. The smallest absolute Gasteiger partial charge is 0.0713 e. The summed E-state index contributed by atoms with van der Waals surface area (Å²) >= 11 is 8.18. The zero-order valence-corrected chi connectivity index (χ0v) is 9.00. The molecule has 1 nitrogen and oxygen atoms in total. The van der Waals surface area contributed by atoms with Crippen molar-refractivity contribution in [3.63, 3.8) is 0 Å². The summed E-state index contributed by atoms with van der Waals surface area (Å²) in [4.78, 5) is 4.22. The SMILES string of the molecule is Clc1ccc2ncccc2c1I. The van der Waals surface area contributed by atoms with Gasteiger partial charge in [0.05, 0.1) is 10.5 Å². The lowest BCUT2D eigenvalue weighted by Gasteiger charge is -2.00. The Bertz CT molecular complexity index is 428. The van der Waals surface area contributed by atoms with E-state index in [2.05, 4.69) is 27.6 Å². The van der Waals surface area contributed by atoms with Crippen molar-refractivity contribution < 1.29 is 0 Å². The summed E-state index contributed by atoms with van der Waals surface area (Å²) < 4.78 is 1.07. The molecule has 0 saturated carbocycles. The first-order valence-corrected chi connectivity index (χ1v) is 4.93. The summed E-state index contributed by atoms with van der Waals surface area (Å²) in [5.74, 6) is 0. The van der Waals surface area contributed by atoms with E-state index < -0.39 is 0 Å². The third-order valence-electron chi connectivity index (χ3n) is 1.67. The minimum atomic E-state index is 0.788. The lowest BCUT2D eigenvalue weighted by atomic mass is 10.2. The van der Waals surface area contributed by atoms with Gasteiger partial charge in [-0.05, 0) is 40.8 Å². The maximum atomic E-state index is 5.95. The van der Waals surface area contributed by atoms with E-state index in [-0.39, 0.29) is 0 Å². The quantitative estimate of drug-likeness (QED) is 0.677. The number of aromatic nitrogens is 1. The van der Waals surface area contributed by atoms with E-state index in [0.717, 1.165) is 19.5 Å². The van der Waals surface area contributed by atoms with E-state index >= 15 is 0 Å². The van der Waals surface area contributed by atoms with Gasteiger partial charge in [-0.25, -0.2) is 0 Å². The highest BCUT2D eigenvalue weighted by Crippen LogP contribution is 2.25. The van der Waals surface area contributed by atoms with Crippen LogP contribution < -0.4 is 0 Å². The largest absolute Gasteiger partial charge is 0.256 e. The van der Waals surface area contributed by atoms with Crippen LogP contribution in [0.25, 0.3) is 10.9 Å².